The molecule has 0 N–H and O–H groups in total. The fourth-order valence-corrected chi connectivity index (χ4v) is 3.06. The number of amides is 1. The van der Waals surface area contributed by atoms with E-state index in [1.807, 2.05) is 35.2 Å². The molecule has 1 heterocycles. The number of hydrogen-bond donors (Lipinski definition) is 0. The average molecular weight is 299 g/mol. The van der Waals surface area contributed by atoms with Crippen LogP contribution in [0.25, 0.3) is 0 Å². The van der Waals surface area contributed by atoms with Gasteiger partial charge in [0, 0.05) is 13.1 Å². The Balaban J connectivity index is 1.87. The monoisotopic (exact) mass is 299 g/mol. The molecule has 0 aromatic heterocycles. The van der Waals surface area contributed by atoms with Crippen LogP contribution in [0.2, 0.25) is 0 Å². The molecule has 2 rings (SSSR count). The number of carbonyl (C=O) groups excluding carboxylic acids is 1. The van der Waals surface area contributed by atoms with E-state index in [-0.39, 0.29) is 11.8 Å². The van der Waals surface area contributed by atoms with Crippen LogP contribution in [0.3, 0.4) is 0 Å². The Labute approximate surface area is 133 Å². The van der Waals surface area contributed by atoms with Crippen molar-refractivity contribution in [3.8, 4) is 12.3 Å². The number of likely N-dealkylation sites (tertiary alicyclic amines) is 1. The molecule has 3 heteroatoms. The molecule has 1 saturated heterocycles. The number of ether oxygens (including phenoxy) is 1. The fraction of sp³-hybridized carbons (Fsp3) is 0.526. The molecule has 1 atom stereocenters. The standard InChI is InChI=1S/C19H25NO2/c1-3-14-22-15-16-10-12-20(13-11-16)19(21)18(4-2)17-8-6-5-7-9-17/h1,5-9,16,18H,4,10-15H2,2H3. The van der Waals surface area contributed by atoms with Gasteiger partial charge in [-0.25, -0.2) is 0 Å². The Morgan fingerprint density at radius 2 is 2.05 bits per heavy atom. The molecule has 118 valence electrons. The third-order valence-electron chi connectivity index (χ3n) is 4.37. The van der Waals surface area contributed by atoms with E-state index in [9.17, 15) is 4.79 Å². The van der Waals surface area contributed by atoms with E-state index in [1.54, 1.807) is 0 Å². The highest BCUT2D eigenvalue weighted by Gasteiger charge is 2.28. The van der Waals surface area contributed by atoms with Crippen LogP contribution in [0.5, 0.6) is 0 Å². The van der Waals surface area contributed by atoms with Crippen molar-refractivity contribution in [1.82, 2.24) is 4.90 Å². The van der Waals surface area contributed by atoms with Crippen molar-refractivity contribution in [2.45, 2.75) is 32.1 Å². The van der Waals surface area contributed by atoms with Crippen molar-refractivity contribution in [3.05, 3.63) is 35.9 Å². The van der Waals surface area contributed by atoms with Gasteiger partial charge in [-0.3, -0.25) is 4.79 Å². The van der Waals surface area contributed by atoms with E-state index in [1.165, 1.54) is 0 Å². The van der Waals surface area contributed by atoms with Crippen LogP contribution in [-0.4, -0.2) is 37.1 Å². The van der Waals surface area contributed by atoms with Crippen molar-refractivity contribution in [1.29, 1.82) is 0 Å². The smallest absolute Gasteiger partial charge is 0.230 e. The predicted octanol–water partition coefficient (Wildman–Crippen LogP) is 3.07. The number of carbonyl (C=O) groups is 1. The van der Waals surface area contributed by atoms with E-state index in [0.29, 0.717) is 19.1 Å². The lowest BCUT2D eigenvalue weighted by atomic mass is 9.92. The summed E-state index contributed by atoms with van der Waals surface area (Å²) in [6, 6.07) is 10.1. The fourth-order valence-electron chi connectivity index (χ4n) is 3.06. The lowest BCUT2D eigenvalue weighted by Crippen LogP contribution is -2.41. The SMILES string of the molecule is C#CCOCC1CCN(C(=O)C(CC)c2ccccc2)CC1. The van der Waals surface area contributed by atoms with Gasteiger partial charge in [0.25, 0.3) is 0 Å². The Morgan fingerprint density at radius 3 is 2.64 bits per heavy atom. The number of rotatable bonds is 6. The predicted molar refractivity (Wildman–Crippen MR) is 88.4 cm³/mol. The number of piperidine rings is 1. The molecule has 0 spiro atoms. The quantitative estimate of drug-likeness (QED) is 0.597. The number of terminal acetylenes is 1. The van der Waals surface area contributed by atoms with Gasteiger partial charge in [-0.1, -0.05) is 43.2 Å². The molecule has 0 saturated carbocycles. The summed E-state index contributed by atoms with van der Waals surface area (Å²) in [5, 5.41) is 0. The van der Waals surface area contributed by atoms with Gasteiger partial charge >= 0.3 is 0 Å². The van der Waals surface area contributed by atoms with Gasteiger partial charge < -0.3 is 9.64 Å². The zero-order chi connectivity index (χ0) is 15.8. The third-order valence-corrected chi connectivity index (χ3v) is 4.37. The summed E-state index contributed by atoms with van der Waals surface area (Å²) in [7, 11) is 0. The molecular weight excluding hydrogens is 274 g/mol. The third kappa shape index (κ3) is 4.35. The van der Waals surface area contributed by atoms with Crippen molar-refractivity contribution in [3.63, 3.8) is 0 Å². The molecule has 1 fully saturated rings. The lowest BCUT2D eigenvalue weighted by molar-refractivity contribution is -0.134. The van der Waals surface area contributed by atoms with Gasteiger partial charge in [0.1, 0.15) is 6.61 Å². The average Bonchev–Trinajstić information content (AvgIpc) is 2.57. The van der Waals surface area contributed by atoms with E-state index in [0.717, 1.165) is 37.9 Å². The number of hydrogen-bond acceptors (Lipinski definition) is 2. The van der Waals surface area contributed by atoms with E-state index in [4.69, 9.17) is 11.2 Å². The Kier molecular flexibility index (Phi) is 6.48. The van der Waals surface area contributed by atoms with Crippen molar-refractivity contribution in [2.24, 2.45) is 5.92 Å². The highest BCUT2D eigenvalue weighted by atomic mass is 16.5. The van der Waals surface area contributed by atoms with Crippen molar-refractivity contribution < 1.29 is 9.53 Å². The van der Waals surface area contributed by atoms with E-state index >= 15 is 0 Å². The van der Waals surface area contributed by atoms with Gasteiger partial charge in [-0.05, 0) is 30.7 Å². The summed E-state index contributed by atoms with van der Waals surface area (Å²) < 4.78 is 5.42. The first-order chi connectivity index (χ1) is 10.8. The summed E-state index contributed by atoms with van der Waals surface area (Å²) >= 11 is 0. The summed E-state index contributed by atoms with van der Waals surface area (Å²) in [5.74, 6) is 3.25. The maximum Gasteiger partial charge on any atom is 0.230 e. The molecule has 1 amide bonds. The summed E-state index contributed by atoms with van der Waals surface area (Å²) in [6.45, 7) is 4.82. The van der Waals surface area contributed by atoms with Crippen molar-refractivity contribution >= 4 is 5.91 Å². The molecule has 1 aromatic carbocycles. The van der Waals surface area contributed by atoms with Gasteiger partial charge in [0.15, 0.2) is 0 Å². The highest BCUT2D eigenvalue weighted by molar-refractivity contribution is 5.83. The lowest BCUT2D eigenvalue weighted by Gasteiger charge is -2.34. The zero-order valence-corrected chi connectivity index (χ0v) is 13.3. The molecule has 0 bridgehead atoms. The molecule has 1 aromatic rings. The Hall–Kier alpha value is -1.79. The molecule has 3 nitrogen and oxygen atoms in total. The molecular formula is C19H25NO2. The van der Waals surface area contributed by atoms with Crippen LogP contribution in [0.1, 0.15) is 37.7 Å². The second-order valence-electron chi connectivity index (χ2n) is 5.86. The molecule has 1 unspecified atom stereocenters. The number of nitrogens with zero attached hydrogens (tertiary/aromatic N) is 1. The normalized spacial score (nSPS) is 17.0. The minimum Gasteiger partial charge on any atom is -0.369 e. The molecule has 0 radical (unpaired) electrons. The van der Waals surface area contributed by atoms with Crippen LogP contribution < -0.4 is 0 Å². The second-order valence-corrected chi connectivity index (χ2v) is 5.86. The first-order valence-corrected chi connectivity index (χ1v) is 8.11. The molecule has 0 aliphatic carbocycles. The van der Waals surface area contributed by atoms with Gasteiger partial charge in [0.2, 0.25) is 5.91 Å². The zero-order valence-electron chi connectivity index (χ0n) is 13.3. The maximum absolute atomic E-state index is 12.8. The topological polar surface area (TPSA) is 29.5 Å². The summed E-state index contributed by atoms with van der Waals surface area (Å²) in [6.07, 6.45) is 8.03. The largest absolute Gasteiger partial charge is 0.369 e. The number of benzene rings is 1. The van der Waals surface area contributed by atoms with Gasteiger partial charge in [-0.2, -0.15) is 0 Å². The summed E-state index contributed by atoms with van der Waals surface area (Å²) in [5.41, 5.74) is 1.12. The second kappa shape index (κ2) is 8.60. The van der Waals surface area contributed by atoms with Crippen molar-refractivity contribution in [2.75, 3.05) is 26.3 Å². The minimum atomic E-state index is -0.0181. The van der Waals surface area contributed by atoms with Gasteiger partial charge in [0.05, 0.1) is 12.5 Å². The molecule has 1 aliphatic rings. The van der Waals surface area contributed by atoms with Crippen LogP contribution in [0.15, 0.2) is 30.3 Å². The Morgan fingerprint density at radius 1 is 1.36 bits per heavy atom. The minimum absolute atomic E-state index is 0.0181. The highest BCUT2D eigenvalue weighted by Crippen LogP contribution is 2.25. The molecule has 22 heavy (non-hydrogen) atoms. The maximum atomic E-state index is 12.8. The molecule has 1 aliphatic heterocycles. The van der Waals surface area contributed by atoms with E-state index < -0.39 is 0 Å². The van der Waals surface area contributed by atoms with Crippen LogP contribution >= 0.6 is 0 Å². The first-order valence-electron chi connectivity index (χ1n) is 8.11. The van der Waals surface area contributed by atoms with Crippen LogP contribution in [0.4, 0.5) is 0 Å². The van der Waals surface area contributed by atoms with Gasteiger partial charge in [-0.15, -0.1) is 6.42 Å². The Bertz CT molecular complexity index is 498. The van der Waals surface area contributed by atoms with Crippen LogP contribution in [-0.2, 0) is 9.53 Å². The van der Waals surface area contributed by atoms with E-state index in [2.05, 4.69) is 12.8 Å². The first kappa shape index (κ1) is 16.6. The summed E-state index contributed by atoms with van der Waals surface area (Å²) in [4.78, 5) is 14.8. The van der Waals surface area contributed by atoms with Crippen LogP contribution in [0, 0.1) is 18.3 Å².